The first kappa shape index (κ1) is 14.7. The zero-order chi connectivity index (χ0) is 15.9. The van der Waals surface area contributed by atoms with Crippen molar-refractivity contribution in [3.8, 4) is 11.6 Å². The number of carboxylic acid groups (broad SMARTS) is 1. The molecule has 3 aliphatic heterocycles. The highest BCUT2D eigenvalue weighted by molar-refractivity contribution is 5.76. The summed E-state index contributed by atoms with van der Waals surface area (Å²) in [5.74, 6) is 0.543. The number of aliphatic carboxylic acids is 1. The molecule has 1 aromatic rings. The number of carboxylic acids is 1. The normalized spacial score (nSPS) is 30.0. The summed E-state index contributed by atoms with van der Waals surface area (Å²) in [6, 6.07) is 3.79. The van der Waals surface area contributed by atoms with E-state index in [0.717, 1.165) is 12.2 Å². The average Bonchev–Trinajstić information content (AvgIpc) is 2.94. The van der Waals surface area contributed by atoms with Crippen LogP contribution in [0.4, 0.5) is 0 Å². The van der Waals surface area contributed by atoms with Crippen LogP contribution in [0.1, 0.15) is 12.1 Å². The fourth-order valence-corrected chi connectivity index (χ4v) is 3.81. The molecule has 0 saturated carbocycles. The lowest BCUT2D eigenvalue weighted by Crippen LogP contribution is -2.44. The Kier molecular flexibility index (Phi) is 3.61. The van der Waals surface area contributed by atoms with Crippen LogP contribution >= 0.6 is 0 Å². The molecule has 0 radical (unpaired) electrons. The lowest BCUT2D eigenvalue weighted by Gasteiger charge is -2.34. The monoisotopic (exact) mass is 320 g/mol. The fourth-order valence-electron chi connectivity index (χ4n) is 3.81. The van der Waals surface area contributed by atoms with Crippen molar-refractivity contribution < 1.29 is 24.1 Å². The predicted molar refractivity (Wildman–Crippen MR) is 79.5 cm³/mol. The number of aromatic nitrogens is 1. The van der Waals surface area contributed by atoms with Gasteiger partial charge in [-0.2, -0.15) is 0 Å². The summed E-state index contributed by atoms with van der Waals surface area (Å²) in [5.41, 5.74) is 0.195. The van der Waals surface area contributed by atoms with Gasteiger partial charge in [-0.25, -0.2) is 4.98 Å². The smallest absolute Gasteiger partial charge is 0.311 e. The molecule has 3 aliphatic rings. The average molecular weight is 320 g/mol. The van der Waals surface area contributed by atoms with E-state index in [9.17, 15) is 9.90 Å². The van der Waals surface area contributed by atoms with Crippen LogP contribution in [0.5, 0.6) is 11.6 Å². The Morgan fingerprint density at radius 3 is 3.04 bits per heavy atom. The van der Waals surface area contributed by atoms with Gasteiger partial charge in [-0.15, -0.1) is 0 Å². The molecule has 0 spiro atoms. The first-order valence-electron chi connectivity index (χ1n) is 7.96. The number of hydrogen-bond acceptors (Lipinski definition) is 6. The van der Waals surface area contributed by atoms with Gasteiger partial charge in [0, 0.05) is 32.2 Å². The number of ether oxygens (including phenoxy) is 3. The lowest BCUT2D eigenvalue weighted by molar-refractivity contribution is -0.157. The van der Waals surface area contributed by atoms with Crippen molar-refractivity contribution >= 4 is 5.97 Å². The first-order chi connectivity index (χ1) is 11.2. The molecule has 0 aromatic carbocycles. The maximum Gasteiger partial charge on any atom is 0.311 e. The highest BCUT2D eigenvalue weighted by Gasteiger charge is 2.53. The molecule has 4 rings (SSSR count). The van der Waals surface area contributed by atoms with Crippen molar-refractivity contribution in [2.75, 3.05) is 39.5 Å². The Bertz CT molecular complexity index is 622. The molecule has 7 heteroatoms. The van der Waals surface area contributed by atoms with E-state index in [1.165, 1.54) is 0 Å². The SMILES string of the molecule is O=C(O)[C@@]12CCOC[C@@H]1CN(Cc1ccc3c(n1)OCCO3)C2. The van der Waals surface area contributed by atoms with Crippen molar-refractivity contribution in [1.82, 2.24) is 9.88 Å². The molecule has 0 unspecified atom stereocenters. The summed E-state index contributed by atoms with van der Waals surface area (Å²) >= 11 is 0. The molecule has 1 N–H and O–H groups in total. The molecule has 7 nitrogen and oxygen atoms in total. The fraction of sp³-hybridized carbons (Fsp3) is 0.625. The first-order valence-corrected chi connectivity index (χ1v) is 7.96. The molecule has 124 valence electrons. The second-order valence-corrected chi connectivity index (χ2v) is 6.46. The maximum absolute atomic E-state index is 11.8. The number of carbonyl (C=O) groups is 1. The van der Waals surface area contributed by atoms with E-state index in [1.54, 1.807) is 0 Å². The molecule has 0 bridgehead atoms. The molecular formula is C16H20N2O5. The second kappa shape index (κ2) is 5.65. The Balaban J connectivity index is 1.50. The van der Waals surface area contributed by atoms with Gasteiger partial charge < -0.3 is 19.3 Å². The zero-order valence-corrected chi connectivity index (χ0v) is 12.9. The molecule has 4 heterocycles. The van der Waals surface area contributed by atoms with Crippen molar-refractivity contribution in [1.29, 1.82) is 0 Å². The Labute approximate surface area is 134 Å². The van der Waals surface area contributed by atoms with E-state index in [0.29, 0.717) is 57.6 Å². The summed E-state index contributed by atoms with van der Waals surface area (Å²) in [6.45, 7) is 3.99. The lowest BCUT2D eigenvalue weighted by atomic mass is 9.74. The van der Waals surface area contributed by atoms with Gasteiger partial charge in [0.05, 0.1) is 17.7 Å². The Morgan fingerprint density at radius 2 is 2.22 bits per heavy atom. The minimum Gasteiger partial charge on any atom is -0.484 e. The summed E-state index contributed by atoms with van der Waals surface area (Å²) in [5, 5.41) is 9.71. The topological polar surface area (TPSA) is 81.1 Å². The van der Waals surface area contributed by atoms with Crippen molar-refractivity contribution in [2.45, 2.75) is 13.0 Å². The van der Waals surface area contributed by atoms with Gasteiger partial charge >= 0.3 is 5.97 Å². The van der Waals surface area contributed by atoms with Gasteiger partial charge in [0.1, 0.15) is 13.2 Å². The van der Waals surface area contributed by atoms with Gasteiger partial charge in [-0.3, -0.25) is 9.69 Å². The van der Waals surface area contributed by atoms with E-state index < -0.39 is 11.4 Å². The molecular weight excluding hydrogens is 300 g/mol. The second-order valence-electron chi connectivity index (χ2n) is 6.46. The Hall–Kier alpha value is -1.86. The summed E-state index contributed by atoms with van der Waals surface area (Å²) in [7, 11) is 0. The van der Waals surface area contributed by atoms with E-state index in [2.05, 4.69) is 9.88 Å². The van der Waals surface area contributed by atoms with E-state index in [4.69, 9.17) is 14.2 Å². The van der Waals surface area contributed by atoms with E-state index in [-0.39, 0.29) is 5.92 Å². The molecule has 1 aromatic heterocycles. The number of nitrogens with zero attached hydrogens (tertiary/aromatic N) is 2. The van der Waals surface area contributed by atoms with Crippen LogP contribution in [0.25, 0.3) is 0 Å². The standard InChI is InChI=1S/C16H20N2O5/c19-15(20)16-3-4-21-9-11(16)7-18(10-16)8-12-1-2-13-14(17-12)23-6-5-22-13/h1-2,11H,3-10H2,(H,19,20)/t11-,16+/m0/s1. The minimum atomic E-state index is -0.705. The molecule has 2 fully saturated rings. The van der Waals surface area contributed by atoms with Crippen molar-refractivity contribution in [2.24, 2.45) is 11.3 Å². The minimum absolute atomic E-state index is 0.0472. The highest BCUT2D eigenvalue weighted by atomic mass is 16.6. The van der Waals surface area contributed by atoms with Crippen LogP contribution in [0, 0.1) is 11.3 Å². The van der Waals surface area contributed by atoms with Gasteiger partial charge in [-0.05, 0) is 18.6 Å². The third-order valence-corrected chi connectivity index (χ3v) is 5.05. The van der Waals surface area contributed by atoms with Crippen LogP contribution in [-0.2, 0) is 16.1 Å². The van der Waals surface area contributed by atoms with Gasteiger partial charge in [0.15, 0.2) is 5.75 Å². The van der Waals surface area contributed by atoms with Crippen LogP contribution in [0.3, 0.4) is 0 Å². The highest BCUT2D eigenvalue weighted by Crippen LogP contribution is 2.43. The summed E-state index contributed by atoms with van der Waals surface area (Å²) in [4.78, 5) is 18.5. The molecule has 2 saturated heterocycles. The molecule has 0 aliphatic carbocycles. The third kappa shape index (κ3) is 2.53. The number of fused-ring (bicyclic) bond motifs is 2. The van der Waals surface area contributed by atoms with Crippen LogP contribution in [0.2, 0.25) is 0 Å². The number of hydrogen-bond donors (Lipinski definition) is 1. The van der Waals surface area contributed by atoms with Crippen molar-refractivity contribution in [3.05, 3.63) is 17.8 Å². The maximum atomic E-state index is 11.8. The quantitative estimate of drug-likeness (QED) is 0.881. The summed E-state index contributed by atoms with van der Waals surface area (Å²) < 4.78 is 16.5. The predicted octanol–water partition coefficient (Wildman–Crippen LogP) is 0.776. The van der Waals surface area contributed by atoms with Crippen LogP contribution in [-0.4, -0.2) is 60.5 Å². The number of rotatable bonds is 3. The van der Waals surface area contributed by atoms with Gasteiger partial charge in [0.25, 0.3) is 5.88 Å². The molecule has 0 amide bonds. The van der Waals surface area contributed by atoms with E-state index >= 15 is 0 Å². The Morgan fingerprint density at radius 1 is 1.35 bits per heavy atom. The van der Waals surface area contributed by atoms with E-state index in [1.807, 2.05) is 12.1 Å². The zero-order valence-electron chi connectivity index (χ0n) is 12.9. The van der Waals surface area contributed by atoms with Gasteiger partial charge in [0.2, 0.25) is 0 Å². The summed E-state index contributed by atoms with van der Waals surface area (Å²) in [6.07, 6.45) is 0.581. The largest absolute Gasteiger partial charge is 0.484 e. The third-order valence-electron chi connectivity index (χ3n) is 5.05. The molecule has 2 atom stereocenters. The number of pyridine rings is 1. The van der Waals surface area contributed by atoms with Gasteiger partial charge in [-0.1, -0.05) is 0 Å². The van der Waals surface area contributed by atoms with Crippen LogP contribution in [0.15, 0.2) is 12.1 Å². The number of likely N-dealkylation sites (tertiary alicyclic amines) is 1. The van der Waals surface area contributed by atoms with Crippen LogP contribution < -0.4 is 9.47 Å². The van der Waals surface area contributed by atoms with Crippen molar-refractivity contribution in [3.63, 3.8) is 0 Å². The molecule has 23 heavy (non-hydrogen) atoms.